The first-order valence-electron chi connectivity index (χ1n) is 8.76. The quantitative estimate of drug-likeness (QED) is 0.207. The molecule has 0 bridgehead atoms. The van der Waals surface area contributed by atoms with Crippen LogP contribution in [0.4, 0.5) is 0 Å². The van der Waals surface area contributed by atoms with E-state index in [9.17, 15) is 0 Å². The molecule has 0 spiro atoms. The maximum Gasteiger partial charge on any atom is 0.319 e. The van der Waals surface area contributed by atoms with Gasteiger partial charge in [-0.15, -0.1) is 11.8 Å². The predicted molar refractivity (Wildman–Crippen MR) is 124 cm³/mol. The number of hydrogen-bond donors (Lipinski definition) is 6. The van der Waals surface area contributed by atoms with E-state index in [1.165, 1.54) is 19.3 Å². The van der Waals surface area contributed by atoms with Crippen molar-refractivity contribution in [1.29, 1.82) is 0 Å². The Bertz CT molecular complexity index is 573. The Labute approximate surface area is 183 Å². The minimum absolute atomic E-state index is 0.663. The highest BCUT2D eigenvalue weighted by atomic mass is 32.5. The van der Waals surface area contributed by atoms with Crippen molar-refractivity contribution in [3.05, 3.63) is 17.6 Å². The van der Waals surface area contributed by atoms with Gasteiger partial charge >= 0.3 is 13.4 Å². The Morgan fingerprint density at radius 1 is 0.964 bits per heavy atom. The van der Waals surface area contributed by atoms with Crippen LogP contribution in [0, 0.1) is 6.92 Å². The van der Waals surface area contributed by atoms with E-state index in [0.717, 1.165) is 22.3 Å². The van der Waals surface area contributed by atoms with Gasteiger partial charge < -0.3 is 29.4 Å². The fraction of sp³-hybridized carbons (Fsp3) is 0.733. The van der Waals surface area contributed by atoms with E-state index in [4.69, 9.17) is 29.4 Å². The molecule has 1 aromatic rings. The second-order valence-corrected chi connectivity index (χ2v) is 11.4. The van der Waals surface area contributed by atoms with Crippen molar-refractivity contribution in [2.24, 2.45) is 0 Å². The van der Waals surface area contributed by atoms with Crippen LogP contribution in [0.5, 0.6) is 0 Å². The summed E-state index contributed by atoms with van der Waals surface area (Å²) in [7, 11) is 0. The van der Waals surface area contributed by atoms with Crippen LogP contribution < -0.4 is 0 Å². The highest BCUT2D eigenvalue weighted by Gasteiger charge is 2.26. The highest BCUT2D eigenvalue weighted by Crippen LogP contribution is 2.38. The molecule has 0 saturated heterocycles. The number of hydrogen-bond acceptors (Lipinski definition) is 5. The molecule has 0 unspecified atom stereocenters. The molecule has 1 fully saturated rings. The molecule has 0 aliphatic heterocycles. The van der Waals surface area contributed by atoms with Gasteiger partial charge in [0, 0.05) is 11.6 Å². The molecular weight excluding hydrogens is 462 g/mol. The Hall–Kier alpha value is 0.490. The maximum atomic E-state index is 7.56. The van der Waals surface area contributed by atoms with Crippen LogP contribution in [0.1, 0.15) is 71.3 Å². The van der Waals surface area contributed by atoms with Crippen molar-refractivity contribution < 1.29 is 29.4 Å². The van der Waals surface area contributed by atoms with E-state index in [0.29, 0.717) is 5.92 Å². The van der Waals surface area contributed by atoms with Gasteiger partial charge in [0.25, 0.3) is 0 Å². The van der Waals surface area contributed by atoms with Crippen molar-refractivity contribution in [3.63, 3.8) is 0 Å². The summed E-state index contributed by atoms with van der Waals surface area (Å²) < 4.78 is 0. The van der Waals surface area contributed by atoms with Gasteiger partial charge in [-0.3, -0.25) is 0 Å². The molecule has 8 nitrogen and oxygen atoms in total. The molecule has 0 amide bonds. The molecule has 168 valence electrons. The van der Waals surface area contributed by atoms with Gasteiger partial charge in [0.2, 0.25) is 0 Å². The first kappa shape index (κ1) is 33.1. The lowest BCUT2D eigenvalue weighted by atomic mass is 10.3. The fourth-order valence-electron chi connectivity index (χ4n) is 1.31. The predicted octanol–water partition coefficient (Wildman–Crippen LogP) is 3.59. The minimum atomic E-state index is -3.81. The van der Waals surface area contributed by atoms with Gasteiger partial charge in [0.1, 0.15) is 5.82 Å². The Morgan fingerprint density at radius 3 is 1.61 bits per heavy atom. The van der Waals surface area contributed by atoms with Crippen molar-refractivity contribution in [1.82, 2.24) is 9.97 Å². The molecule has 1 aliphatic rings. The van der Waals surface area contributed by atoms with Gasteiger partial charge in [-0.1, -0.05) is 41.0 Å². The van der Waals surface area contributed by atoms with Crippen molar-refractivity contribution in [3.8, 4) is 0 Å². The van der Waals surface area contributed by atoms with E-state index >= 15 is 0 Å². The van der Waals surface area contributed by atoms with E-state index < -0.39 is 13.4 Å². The third-order valence-corrected chi connectivity index (χ3v) is 2.88. The summed E-state index contributed by atoms with van der Waals surface area (Å²) in [5.41, 5.74) is 1.10. The first-order valence-corrected chi connectivity index (χ1v) is 15.1. The topological polar surface area (TPSA) is 147 Å². The van der Waals surface area contributed by atoms with Gasteiger partial charge in [-0.2, -0.15) is 0 Å². The number of aryl methyl sites for hydroxylation is 1. The zero-order valence-corrected chi connectivity index (χ0v) is 21.4. The second-order valence-electron chi connectivity index (χ2n) is 5.15. The molecule has 2 rings (SSSR count). The van der Waals surface area contributed by atoms with E-state index in [2.05, 4.69) is 60.4 Å². The van der Waals surface area contributed by atoms with Crippen LogP contribution in [0.2, 0.25) is 0 Å². The molecule has 1 aliphatic carbocycles. The summed E-state index contributed by atoms with van der Waals surface area (Å²) in [4.78, 5) is 54.3. The summed E-state index contributed by atoms with van der Waals surface area (Å²) >= 11 is 9.01. The molecule has 13 heteroatoms. The van der Waals surface area contributed by atoms with Crippen molar-refractivity contribution >= 4 is 48.8 Å². The van der Waals surface area contributed by atoms with Gasteiger partial charge in [0.15, 0.2) is 0 Å². The number of nitrogens with zero attached hydrogens (tertiary/aromatic N) is 2. The van der Waals surface area contributed by atoms with E-state index in [1.807, 2.05) is 20.8 Å². The van der Waals surface area contributed by atoms with Crippen LogP contribution in [0.15, 0.2) is 11.1 Å². The van der Waals surface area contributed by atoms with E-state index in [1.54, 1.807) is 11.8 Å². The van der Waals surface area contributed by atoms with E-state index in [-0.39, 0.29) is 0 Å². The van der Waals surface area contributed by atoms with Crippen molar-refractivity contribution in [2.45, 2.75) is 71.7 Å². The van der Waals surface area contributed by atoms with Gasteiger partial charge in [-0.25, -0.2) is 9.97 Å². The molecular formula is C15H34N2O6P2S3. The first-order chi connectivity index (χ1) is 12.7. The zero-order chi connectivity index (χ0) is 23.0. The monoisotopic (exact) mass is 496 g/mol. The third kappa shape index (κ3) is 34.0. The largest absolute Gasteiger partial charge is 0.325 e. The lowest BCUT2D eigenvalue weighted by Gasteiger charge is -2.02. The smallest absolute Gasteiger partial charge is 0.319 e. The van der Waals surface area contributed by atoms with Gasteiger partial charge in [0.05, 0.1) is 5.03 Å². The van der Waals surface area contributed by atoms with Gasteiger partial charge in [-0.05, 0) is 55.2 Å². The fourth-order valence-corrected chi connectivity index (χ4v) is 2.02. The Balaban J connectivity index is -0.000000350. The van der Waals surface area contributed by atoms with Crippen LogP contribution in [0.3, 0.4) is 0 Å². The number of thioether (sulfide) groups is 1. The molecule has 1 heterocycles. The lowest BCUT2D eigenvalue weighted by molar-refractivity contribution is 0.361. The molecule has 0 radical (unpaired) electrons. The molecule has 1 saturated carbocycles. The highest BCUT2D eigenvalue weighted by molar-refractivity contribution is 8.06. The lowest BCUT2D eigenvalue weighted by Crippen LogP contribution is -1.96. The average molecular weight is 497 g/mol. The average Bonchev–Trinajstić information content (AvgIpc) is 3.31. The second kappa shape index (κ2) is 18.3. The normalized spacial score (nSPS) is 12.6. The standard InChI is InChI=1S/C10H14N2S.C3H8.C2H6.2H3O3PS/c1-3-13-9-6-7(2)11-10(12-9)8-4-5-8;1-3-2;1-2;2*1-4(2,3)5/h6,8H,3-5H2,1-2H3;3H2,1-2H3;1-2H3;2*(H3,1,2,3,5). The SMILES string of the molecule is CC.CCC.CCSc1cc(C)nc(C2CC2)n1.OP(O)(O)=S.OP(O)(O)=S. The summed E-state index contributed by atoms with van der Waals surface area (Å²) in [5.74, 6) is 2.81. The Kier molecular flexibility index (Phi) is 21.6. The number of rotatable bonds is 3. The van der Waals surface area contributed by atoms with Crippen molar-refractivity contribution in [2.75, 3.05) is 5.75 Å². The minimum Gasteiger partial charge on any atom is -0.325 e. The molecule has 1 aromatic heterocycles. The van der Waals surface area contributed by atoms with Crippen LogP contribution in [-0.4, -0.2) is 45.1 Å². The van der Waals surface area contributed by atoms with Crippen LogP contribution in [0.25, 0.3) is 0 Å². The van der Waals surface area contributed by atoms with Crippen LogP contribution in [-0.2, 0) is 23.6 Å². The summed E-state index contributed by atoms with van der Waals surface area (Å²) in [6, 6.07) is 2.07. The Morgan fingerprint density at radius 2 is 1.32 bits per heavy atom. The molecule has 28 heavy (non-hydrogen) atoms. The zero-order valence-electron chi connectivity index (χ0n) is 17.2. The summed E-state index contributed by atoms with van der Waals surface area (Å²) in [6.07, 6.45) is 3.80. The van der Waals surface area contributed by atoms with Crippen LogP contribution >= 0.6 is 25.2 Å². The molecule has 0 aromatic carbocycles. The summed E-state index contributed by atoms with van der Waals surface area (Å²) in [6.45, 7) is 4.84. The maximum absolute atomic E-state index is 7.56. The molecule has 6 N–H and O–H groups in total. The third-order valence-electron chi connectivity index (χ3n) is 2.08. The molecule has 0 atom stereocenters. The number of aromatic nitrogens is 2. The summed E-state index contributed by atoms with van der Waals surface area (Å²) in [5, 5.41) is 1.14.